The molecule has 0 aliphatic carbocycles. The van der Waals surface area contributed by atoms with Crippen LogP contribution in [0, 0.1) is 5.41 Å². The van der Waals surface area contributed by atoms with Crippen molar-refractivity contribution in [2.45, 2.75) is 53.4 Å². The van der Waals surface area contributed by atoms with Crippen molar-refractivity contribution < 1.29 is 19.4 Å². The second-order valence-electron chi connectivity index (χ2n) is 9.51. The third-order valence-corrected chi connectivity index (χ3v) is 5.02. The summed E-state index contributed by atoms with van der Waals surface area (Å²) in [7, 11) is 0. The Kier molecular flexibility index (Phi) is 8.56. The monoisotopic (exact) mass is 460 g/mol. The van der Waals surface area contributed by atoms with Gasteiger partial charge in [-0.3, -0.25) is 4.79 Å². The molecule has 2 aromatic rings. The van der Waals surface area contributed by atoms with Crippen LogP contribution in [0.5, 0.6) is 17.2 Å². The summed E-state index contributed by atoms with van der Waals surface area (Å²) in [5.74, 6) is 0.348. The minimum Gasteiger partial charge on any atom is -0.503 e. The molecule has 1 amide bonds. The van der Waals surface area contributed by atoms with Crippen molar-refractivity contribution >= 4 is 23.7 Å². The van der Waals surface area contributed by atoms with E-state index in [1.807, 2.05) is 24.3 Å². The lowest BCUT2D eigenvalue weighted by molar-refractivity contribution is -0.123. The van der Waals surface area contributed by atoms with Crippen molar-refractivity contribution in [2.24, 2.45) is 10.5 Å². The molecule has 0 fully saturated rings. The van der Waals surface area contributed by atoms with E-state index in [1.165, 1.54) is 17.8 Å². The number of hydrogen-bond donors (Lipinski definition) is 2. The summed E-state index contributed by atoms with van der Waals surface area (Å²) in [5, 5.41) is 13.9. The normalized spacial score (nSPS) is 12.1. The number of hydrogen-bond acceptors (Lipinski definition) is 5. The Bertz CT molecular complexity index is 948. The fourth-order valence-corrected chi connectivity index (χ4v) is 3.94. The van der Waals surface area contributed by atoms with Crippen LogP contribution in [-0.4, -0.2) is 30.4 Å². The van der Waals surface area contributed by atoms with E-state index in [-0.39, 0.29) is 34.0 Å². The zero-order valence-corrected chi connectivity index (χ0v) is 20.4. The maximum Gasteiger partial charge on any atom is 0.277 e. The molecular formula is C25H33ClN2O4. The topological polar surface area (TPSA) is 80.2 Å². The van der Waals surface area contributed by atoms with Gasteiger partial charge in [-0.2, -0.15) is 5.10 Å². The molecule has 0 aliphatic heterocycles. The zero-order valence-electron chi connectivity index (χ0n) is 19.7. The minimum absolute atomic E-state index is 0.0437. The maximum atomic E-state index is 12.0. The lowest BCUT2D eigenvalue weighted by atomic mass is 9.72. The summed E-state index contributed by atoms with van der Waals surface area (Å²) in [6.07, 6.45) is 2.47. The van der Waals surface area contributed by atoms with Gasteiger partial charge in [0.25, 0.3) is 5.91 Å². The molecule has 0 bridgehead atoms. The Hall–Kier alpha value is -2.73. The average molecular weight is 461 g/mol. The predicted molar refractivity (Wildman–Crippen MR) is 129 cm³/mol. The van der Waals surface area contributed by atoms with Crippen LogP contribution in [0.3, 0.4) is 0 Å². The summed E-state index contributed by atoms with van der Waals surface area (Å²) in [6, 6.07) is 10.9. The average Bonchev–Trinajstić information content (AvgIpc) is 2.69. The van der Waals surface area contributed by atoms with Crippen molar-refractivity contribution in [3.05, 3.63) is 52.5 Å². The van der Waals surface area contributed by atoms with Crippen LogP contribution in [0.1, 0.15) is 59.1 Å². The highest BCUT2D eigenvalue weighted by Crippen LogP contribution is 2.37. The Morgan fingerprint density at radius 2 is 1.78 bits per heavy atom. The number of phenolic OH excluding ortho intramolecular Hbond substituents is 1. The molecule has 7 heteroatoms. The summed E-state index contributed by atoms with van der Waals surface area (Å²) in [4.78, 5) is 12.0. The Balaban J connectivity index is 1.90. The zero-order chi connectivity index (χ0) is 23.9. The first-order valence-corrected chi connectivity index (χ1v) is 11.0. The number of benzene rings is 2. The largest absolute Gasteiger partial charge is 0.503 e. The second-order valence-corrected chi connectivity index (χ2v) is 9.92. The molecule has 0 saturated carbocycles. The molecule has 174 valence electrons. The molecule has 0 heterocycles. The molecule has 2 aromatic carbocycles. The van der Waals surface area contributed by atoms with Gasteiger partial charge in [0.15, 0.2) is 18.1 Å². The molecule has 0 aliphatic rings. The van der Waals surface area contributed by atoms with Gasteiger partial charge >= 0.3 is 0 Å². The smallest absolute Gasteiger partial charge is 0.277 e. The number of halogens is 1. The summed E-state index contributed by atoms with van der Waals surface area (Å²) in [5.41, 5.74) is 4.48. The Labute approximate surface area is 195 Å². The molecule has 0 atom stereocenters. The summed E-state index contributed by atoms with van der Waals surface area (Å²) in [6.45, 7) is 13.2. The van der Waals surface area contributed by atoms with Gasteiger partial charge in [0.1, 0.15) is 5.75 Å². The third-order valence-electron chi connectivity index (χ3n) is 4.73. The first kappa shape index (κ1) is 25.5. The van der Waals surface area contributed by atoms with Gasteiger partial charge in [0.05, 0.1) is 17.8 Å². The van der Waals surface area contributed by atoms with Crippen LogP contribution in [0.4, 0.5) is 0 Å². The fraction of sp³-hybridized carbons (Fsp3) is 0.440. The van der Waals surface area contributed by atoms with Crippen LogP contribution in [-0.2, 0) is 10.2 Å². The Morgan fingerprint density at radius 1 is 1.12 bits per heavy atom. The number of rotatable bonds is 9. The van der Waals surface area contributed by atoms with Crippen molar-refractivity contribution in [3.8, 4) is 17.2 Å². The summed E-state index contributed by atoms with van der Waals surface area (Å²) < 4.78 is 10.9. The van der Waals surface area contributed by atoms with Crippen LogP contribution < -0.4 is 14.9 Å². The van der Waals surface area contributed by atoms with E-state index in [4.69, 9.17) is 21.1 Å². The third kappa shape index (κ3) is 7.75. The van der Waals surface area contributed by atoms with Crippen molar-refractivity contribution in [2.75, 3.05) is 13.2 Å². The number of nitrogens with one attached hydrogen (secondary N) is 1. The molecule has 2 rings (SSSR count). The molecule has 0 radical (unpaired) electrons. The van der Waals surface area contributed by atoms with E-state index in [1.54, 1.807) is 13.0 Å². The van der Waals surface area contributed by atoms with E-state index in [9.17, 15) is 9.90 Å². The quantitative estimate of drug-likeness (QED) is 0.372. The summed E-state index contributed by atoms with van der Waals surface area (Å²) >= 11 is 5.99. The molecule has 0 saturated heterocycles. The van der Waals surface area contributed by atoms with E-state index < -0.39 is 5.91 Å². The lowest BCUT2D eigenvalue weighted by Crippen LogP contribution is -2.25. The van der Waals surface area contributed by atoms with Gasteiger partial charge in [-0.15, -0.1) is 0 Å². The minimum atomic E-state index is -0.395. The number of carbonyl (C=O) groups is 1. The highest BCUT2D eigenvalue weighted by molar-refractivity contribution is 6.32. The fourth-order valence-electron chi connectivity index (χ4n) is 3.72. The van der Waals surface area contributed by atoms with Crippen LogP contribution in [0.25, 0.3) is 0 Å². The number of phenols is 1. The maximum absolute atomic E-state index is 12.0. The molecule has 0 spiro atoms. The van der Waals surface area contributed by atoms with Crippen LogP contribution in [0.2, 0.25) is 5.02 Å². The standard InChI is InChI=1S/C25H33ClN2O4/c1-7-31-21-13-17(12-20(26)23(21)30)14-27-28-22(29)15-32-19-10-8-18(9-11-19)25(5,6)16-24(2,3)4/h8-14,30H,7,15-16H2,1-6H3,(H,28,29)/b27-14+. The van der Waals surface area contributed by atoms with E-state index in [0.29, 0.717) is 17.9 Å². The van der Waals surface area contributed by atoms with Crippen LogP contribution in [0.15, 0.2) is 41.5 Å². The number of aromatic hydroxyl groups is 1. The molecule has 6 nitrogen and oxygen atoms in total. The molecular weight excluding hydrogens is 428 g/mol. The van der Waals surface area contributed by atoms with Crippen molar-refractivity contribution in [1.82, 2.24) is 5.43 Å². The van der Waals surface area contributed by atoms with E-state index in [0.717, 1.165) is 6.42 Å². The van der Waals surface area contributed by atoms with Crippen molar-refractivity contribution in [3.63, 3.8) is 0 Å². The van der Waals surface area contributed by atoms with E-state index in [2.05, 4.69) is 45.1 Å². The molecule has 2 N–H and O–H groups in total. The van der Waals surface area contributed by atoms with Gasteiger partial charge in [0.2, 0.25) is 0 Å². The van der Waals surface area contributed by atoms with Gasteiger partial charge in [-0.1, -0.05) is 58.4 Å². The van der Waals surface area contributed by atoms with E-state index >= 15 is 0 Å². The van der Waals surface area contributed by atoms with Gasteiger partial charge < -0.3 is 14.6 Å². The highest BCUT2D eigenvalue weighted by atomic mass is 35.5. The first-order chi connectivity index (χ1) is 14.9. The Morgan fingerprint density at radius 3 is 2.38 bits per heavy atom. The number of nitrogens with zero attached hydrogens (tertiary/aromatic N) is 1. The molecule has 0 unspecified atom stereocenters. The van der Waals surface area contributed by atoms with Crippen molar-refractivity contribution in [1.29, 1.82) is 0 Å². The van der Waals surface area contributed by atoms with Gasteiger partial charge in [-0.25, -0.2) is 5.43 Å². The number of hydrazone groups is 1. The molecule has 0 aromatic heterocycles. The lowest BCUT2D eigenvalue weighted by Gasteiger charge is -2.33. The highest BCUT2D eigenvalue weighted by Gasteiger charge is 2.27. The number of ether oxygens (including phenoxy) is 2. The predicted octanol–water partition coefficient (Wildman–Crippen LogP) is 5.69. The number of amides is 1. The second kappa shape index (κ2) is 10.7. The van der Waals surface area contributed by atoms with Crippen LogP contribution >= 0.6 is 11.6 Å². The first-order valence-electron chi connectivity index (χ1n) is 10.6. The van der Waals surface area contributed by atoms with Gasteiger partial charge in [0, 0.05) is 0 Å². The molecule has 32 heavy (non-hydrogen) atoms. The number of carbonyl (C=O) groups excluding carboxylic acids is 1. The SMILES string of the molecule is CCOc1cc(/C=N/NC(=O)COc2ccc(C(C)(C)CC(C)(C)C)cc2)cc(Cl)c1O. The van der Waals surface area contributed by atoms with Gasteiger partial charge in [-0.05, 0) is 59.6 Å².